The minimum Gasteiger partial charge on any atom is -0.388 e. The zero-order valence-electron chi connectivity index (χ0n) is 9.38. The fourth-order valence-electron chi connectivity index (χ4n) is 1.41. The Morgan fingerprint density at radius 3 is 2.67 bits per heavy atom. The van der Waals surface area contributed by atoms with Crippen LogP contribution < -0.4 is 0 Å². The Kier molecular flexibility index (Phi) is 4.28. The first kappa shape index (κ1) is 13.0. The minimum atomic E-state index is -0.950. The van der Waals surface area contributed by atoms with Crippen molar-refractivity contribution in [1.29, 1.82) is 0 Å². The van der Waals surface area contributed by atoms with Crippen LogP contribution in [0.1, 0.15) is 11.7 Å². The van der Waals surface area contributed by atoms with Gasteiger partial charge >= 0.3 is 0 Å². The molecule has 0 bridgehead atoms. The molecule has 1 aromatic heterocycles. The second-order valence-corrected chi connectivity index (χ2v) is 4.71. The number of hydrogen-bond acceptors (Lipinski definition) is 3. The predicted molar refractivity (Wildman–Crippen MR) is 66.3 cm³/mol. The van der Waals surface area contributed by atoms with Crippen molar-refractivity contribution >= 4 is 11.8 Å². The Balaban J connectivity index is 1.99. The number of aromatic nitrogens is 1. The van der Waals surface area contributed by atoms with Gasteiger partial charge in [0.2, 0.25) is 0 Å². The lowest BCUT2D eigenvalue weighted by Crippen LogP contribution is -2.02. The van der Waals surface area contributed by atoms with Crippen molar-refractivity contribution in [3.63, 3.8) is 0 Å². The van der Waals surface area contributed by atoms with Crippen LogP contribution >= 0.6 is 11.8 Å². The average Bonchev–Trinajstić information content (AvgIpc) is 2.40. The zero-order valence-corrected chi connectivity index (χ0v) is 10.2. The summed E-state index contributed by atoms with van der Waals surface area (Å²) in [6.07, 6.45) is 0.804. The van der Waals surface area contributed by atoms with Crippen molar-refractivity contribution in [3.05, 3.63) is 59.8 Å². The van der Waals surface area contributed by atoms with Crippen LogP contribution in [0.25, 0.3) is 0 Å². The fraction of sp³-hybridized carbons (Fsp3) is 0.154. The molecule has 0 radical (unpaired) electrons. The largest absolute Gasteiger partial charge is 0.388 e. The van der Waals surface area contributed by atoms with Gasteiger partial charge in [0.05, 0.1) is 11.1 Å². The molecule has 0 saturated heterocycles. The summed E-state index contributed by atoms with van der Waals surface area (Å²) >= 11 is 1.36. The fourth-order valence-corrected chi connectivity index (χ4v) is 2.24. The first-order chi connectivity index (χ1) is 8.66. The summed E-state index contributed by atoms with van der Waals surface area (Å²) < 4.78 is 25.7. The molecule has 18 heavy (non-hydrogen) atoms. The summed E-state index contributed by atoms with van der Waals surface area (Å²) in [5, 5.41) is 10.6. The Labute approximate surface area is 108 Å². The van der Waals surface area contributed by atoms with Crippen molar-refractivity contribution in [1.82, 2.24) is 4.98 Å². The molecule has 1 atom stereocenters. The zero-order chi connectivity index (χ0) is 13.0. The van der Waals surface area contributed by atoms with Gasteiger partial charge < -0.3 is 5.11 Å². The minimum absolute atomic E-state index is 0.335. The molecular formula is C13H11F2NOS. The number of aliphatic hydroxyl groups is 1. The Hall–Kier alpha value is -1.46. The molecule has 0 saturated carbocycles. The molecule has 0 aliphatic carbocycles. The van der Waals surface area contributed by atoms with E-state index < -0.39 is 17.7 Å². The Morgan fingerprint density at radius 1 is 1.17 bits per heavy atom. The summed E-state index contributed by atoms with van der Waals surface area (Å²) in [6, 6.07) is 8.87. The van der Waals surface area contributed by atoms with Gasteiger partial charge in [-0.05, 0) is 29.8 Å². The van der Waals surface area contributed by atoms with E-state index in [1.807, 2.05) is 12.1 Å². The molecule has 1 heterocycles. The monoisotopic (exact) mass is 267 g/mol. The van der Waals surface area contributed by atoms with Crippen molar-refractivity contribution in [2.75, 3.05) is 5.75 Å². The van der Waals surface area contributed by atoms with Crippen molar-refractivity contribution in [2.45, 2.75) is 11.1 Å². The number of halogens is 2. The standard InChI is InChI=1S/C13H11F2NOS/c14-10-5-4-9(7-11(10)15)12(17)8-18-13-3-1-2-6-16-13/h1-7,12,17H,8H2. The van der Waals surface area contributed by atoms with E-state index in [2.05, 4.69) is 4.98 Å². The first-order valence-electron chi connectivity index (χ1n) is 5.33. The lowest BCUT2D eigenvalue weighted by molar-refractivity contribution is 0.203. The number of pyridine rings is 1. The van der Waals surface area contributed by atoms with Crippen LogP contribution in [-0.4, -0.2) is 15.8 Å². The highest BCUT2D eigenvalue weighted by Crippen LogP contribution is 2.24. The van der Waals surface area contributed by atoms with E-state index in [1.165, 1.54) is 17.8 Å². The highest BCUT2D eigenvalue weighted by atomic mass is 32.2. The number of rotatable bonds is 4. The lowest BCUT2D eigenvalue weighted by atomic mass is 10.1. The maximum absolute atomic E-state index is 13.0. The van der Waals surface area contributed by atoms with Crippen LogP contribution in [0, 0.1) is 11.6 Å². The molecule has 0 aliphatic rings. The second kappa shape index (κ2) is 5.93. The van der Waals surface area contributed by atoms with Crippen molar-refractivity contribution in [3.8, 4) is 0 Å². The van der Waals surface area contributed by atoms with E-state index >= 15 is 0 Å². The van der Waals surface area contributed by atoms with Gasteiger partial charge in [-0.25, -0.2) is 13.8 Å². The number of thioether (sulfide) groups is 1. The molecule has 0 amide bonds. The summed E-state index contributed by atoms with van der Waals surface area (Å²) in [6.45, 7) is 0. The number of benzene rings is 1. The summed E-state index contributed by atoms with van der Waals surface area (Å²) in [5.41, 5.74) is 0.359. The predicted octanol–water partition coefficient (Wildman–Crippen LogP) is 3.19. The molecule has 0 spiro atoms. The van der Waals surface area contributed by atoms with Crippen LogP contribution in [0.3, 0.4) is 0 Å². The topological polar surface area (TPSA) is 33.1 Å². The third kappa shape index (κ3) is 3.27. The van der Waals surface area contributed by atoms with Gasteiger partial charge in [0.1, 0.15) is 0 Å². The maximum atomic E-state index is 13.0. The average molecular weight is 267 g/mol. The van der Waals surface area contributed by atoms with Crippen LogP contribution in [0.5, 0.6) is 0 Å². The van der Waals surface area contributed by atoms with Crippen molar-refractivity contribution < 1.29 is 13.9 Å². The van der Waals surface area contributed by atoms with Gasteiger partial charge in [0, 0.05) is 11.9 Å². The van der Waals surface area contributed by atoms with Gasteiger partial charge in [-0.3, -0.25) is 0 Å². The molecule has 94 valence electrons. The third-order valence-corrected chi connectivity index (χ3v) is 3.37. The second-order valence-electron chi connectivity index (χ2n) is 3.67. The molecule has 1 N–H and O–H groups in total. The van der Waals surface area contributed by atoms with Gasteiger partial charge in [-0.2, -0.15) is 0 Å². The van der Waals surface area contributed by atoms with Crippen LogP contribution in [0.4, 0.5) is 8.78 Å². The van der Waals surface area contributed by atoms with E-state index in [-0.39, 0.29) is 0 Å². The molecular weight excluding hydrogens is 256 g/mol. The van der Waals surface area contributed by atoms with E-state index in [4.69, 9.17) is 0 Å². The van der Waals surface area contributed by atoms with Gasteiger partial charge in [-0.15, -0.1) is 11.8 Å². The first-order valence-corrected chi connectivity index (χ1v) is 6.32. The van der Waals surface area contributed by atoms with Crippen LogP contribution in [-0.2, 0) is 0 Å². The van der Waals surface area contributed by atoms with Gasteiger partial charge in [0.15, 0.2) is 11.6 Å². The molecule has 1 unspecified atom stereocenters. The lowest BCUT2D eigenvalue weighted by Gasteiger charge is -2.10. The molecule has 0 fully saturated rings. The summed E-state index contributed by atoms with van der Waals surface area (Å²) in [4.78, 5) is 4.09. The SMILES string of the molecule is OC(CSc1ccccn1)c1ccc(F)c(F)c1. The molecule has 5 heteroatoms. The smallest absolute Gasteiger partial charge is 0.159 e. The Morgan fingerprint density at radius 2 is 2.00 bits per heavy atom. The summed E-state index contributed by atoms with van der Waals surface area (Å²) in [5.74, 6) is -1.53. The number of hydrogen-bond donors (Lipinski definition) is 1. The molecule has 2 rings (SSSR count). The van der Waals surface area contributed by atoms with E-state index in [9.17, 15) is 13.9 Å². The number of nitrogens with zero attached hydrogens (tertiary/aromatic N) is 1. The van der Waals surface area contributed by atoms with E-state index in [0.717, 1.165) is 17.2 Å². The quantitative estimate of drug-likeness (QED) is 0.864. The normalized spacial score (nSPS) is 12.4. The van der Waals surface area contributed by atoms with E-state index in [1.54, 1.807) is 12.3 Å². The highest BCUT2D eigenvalue weighted by molar-refractivity contribution is 7.99. The molecule has 2 aromatic rings. The summed E-state index contributed by atoms with van der Waals surface area (Å²) in [7, 11) is 0. The molecule has 1 aromatic carbocycles. The van der Waals surface area contributed by atoms with Gasteiger partial charge in [0.25, 0.3) is 0 Å². The number of aliphatic hydroxyl groups excluding tert-OH is 1. The molecule has 0 aliphatic heterocycles. The van der Waals surface area contributed by atoms with Crippen LogP contribution in [0.15, 0.2) is 47.6 Å². The Bertz CT molecular complexity index is 522. The molecule has 2 nitrogen and oxygen atoms in total. The third-order valence-electron chi connectivity index (χ3n) is 2.36. The van der Waals surface area contributed by atoms with Gasteiger partial charge in [-0.1, -0.05) is 12.1 Å². The van der Waals surface area contributed by atoms with Crippen molar-refractivity contribution in [2.24, 2.45) is 0 Å². The van der Waals surface area contributed by atoms with Crippen LogP contribution in [0.2, 0.25) is 0 Å². The van der Waals surface area contributed by atoms with E-state index in [0.29, 0.717) is 11.3 Å². The maximum Gasteiger partial charge on any atom is 0.159 e. The highest BCUT2D eigenvalue weighted by Gasteiger charge is 2.11.